The number of rotatable bonds is 5. The first-order valence-electron chi connectivity index (χ1n) is 7.44. The summed E-state index contributed by atoms with van der Waals surface area (Å²) in [4.78, 5) is 30.0. The van der Waals surface area contributed by atoms with Gasteiger partial charge in [0.2, 0.25) is 6.39 Å². The van der Waals surface area contributed by atoms with Crippen LogP contribution in [0.1, 0.15) is 21.9 Å². The Labute approximate surface area is 137 Å². The number of hydrogen-bond donors (Lipinski definition) is 1. The second kappa shape index (κ2) is 6.53. The minimum Gasteiger partial charge on any atom is -0.343 e. The first-order valence-corrected chi connectivity index (χ1v) is 7.44. The largest absolute Gasteiger partial charge is 0.343 e. The molecule has 0 aliphatic heterocycles. The van der Waals surface area contributed by atoms with Gasteiger partial charge in [0.15, 0.2) is 5.82 Å². The topological polar surface area (TPSA) is 97.0 Å². The van der Waals surface area contributed by atoms with Crippen LogP contribution < -0.4 is 5.56 Å². The highest BCUT2D eigenvalue weighted by molar-refractivity contribution is 5.92. The summed E-state index contributed by atoms with van der Waals surface area (Å²) in [5.74, 6) is 0.252. The van der Waals surface area contributed by atoms with Crippen LogP contribution in [0.5, 0.6) is 0 Å². The van der Waals surface area contributed by atoms with Gasteiger partial charge in [0, 0.05) is 26.1 Å². The zero-order chi connectivity index (χ0) is 17.1. The van der Waals surface area contributed by atoms with Crippen LogP contribution in [0.3, 0.4) is 0 Å². The van der Waals surface area contributed by atoms with Crippen LogP contribution in [0.2, 0.25) is 0 Å². The molecule has 8 heteroatoms. The van der Waals surface area contributed by atoms with Gasteiger partial charge in [0.1, 0.15) is 5.69 Å². The lowest BCUT2D eigenvalue weighted by atomic mass is 10.2. The number of benzene rings is 1. The van der Waals surface area contributed by atoms with Gasteiger partial charge in [-0.1, -0.05) is 22.9 Å². The number of aromatic nitrogens is 4. The molecular weight excluding hydrogens is 310 g/mol. The Morgan fingerprint density at radius 3 is 2.75 bits per heavy atom. The fourth-order valence-corrected chi connectivity index (χ4v) is 2.27. The van der Waals surface area contributed by atoms with Gasteiger partial charge in [-0.15, -0.1) is 0 Å². The maximum atomic E-state index is 12.4. The van der Waals surface area contributed by atoms with Crippen molar-refractivity contribution in [1.29, 1.82) is 0 Å². The molecule has 0 aliphatic carbocycles. The first kappa shape index (κ1) is 15.7. The Morgan fingerprint density at radius 1 is 1.33 bits per heavy atom. The maximum absolute atomic E-state index is 12.4. The molecule has 3 rings (SSSR count). The van der Waals surface area contributed by atoms with E-state index in [1.807, 2.05) is 31.2 Å². The quantitative estimate of drug-likeness (QED) is 0.759. The van der Waals surface area contributed by atoms with Crippen LogP contribution in [0, 0.1) is 6.92 Å². The molecule has 0 spiro atoms. The van der Waals surface area contributed by atoms with Crippen LogP contribution in [0.4, 0.5) is 0 Å². The standard InChI is InChI=1S/C16H17N5O3/c1-11-3-5-12(6-4-11)21-15(22)9-13(18-21)16(23)20(2)8-7-14-17-10-24-19-14/h3-6,9-10,18H,7-8H2,1-2H3. The second-order valence-corrected chi connectivity index (χ2v) is 5.50. The molecule has 0 saturated carbocycles. The minimum absolute atomic E-state index is 0.233. The number of nitrogens with one attached hydrogen (secondary N) is 1. The smallest absolute Gasteiger partial charge is 0.271 e. The zero-order valence-corrected chi connectivity index (χ0v) is 13.4. The van der Waals surface area contributed by atoms with Crippen molar-refractivity contribution in [3.63, 3.8) is 0 Å². The predicted molar refractivity (Wildman–Crippen MR) is 86.1 cm³/mol. The molecule has 1 amide bonds. The number of carbonyl (C=O) groups excluding carboxylic acids is 1. The summed E-state index contributed by atoms with van der Waals surface area (Å²) in [5, 5.41) is 6.55. The third-order valence-corrected chi connectivity index (χ3v) is 3.67. The molecule has 0 aliphatic rings. The van der Waals surface area contributed by atoms with Crippen molar-refractivity contribution in [2.45, 2.75) is 13.3 Å². The zero-order valence-electron chi connectivity index (χ0n) is 13.4. The maximum Gasteiger partial charge on any atom is 0.271 e. The van der Waals surface area contributed by atoms with E-state index >= 15 is 0 Å². The van der Waals surface area contributed by atoms with Crippen molar-refractivity contribution in [2.75, 3.05) is 13.6 Å². The average molecular weight is 327 g/mol. The number of H-pyrrole nitrogens is 1. The monoisotopic (exact) mass is 327 g/mol. The van der Waals surface area contributed by atoms with E-state index in [4.69, 9.17) is 0 Å². The highest BCUT2D eigenvalue weighted by Crippen LogP contribution is 2.07. The molecule has 2 aromatic heterocycles. The van der Waals surface area contributed by atoms with Crippen molar-refractivity contribution in [3.05, 3.63) is 64.2 Å². The van der Waals surface area contributed by atoms with Crippen LogP contribution in [0.15, 0.2) is 46.0 Å². The molecule has 24 heavy (non-hydrogen) atoms. The number of nitrogens with zero attached hydrogens (tertiary/aromatic N) is 4. The molecule has 0 radical (unpaired) electrons. The molecule has 1 aromatic carbocycles. The predicted octanol–water partition coefficient (Wildman–Crippen LogP) is 1.17. The fourth-order valence-electron chi connectivity index (χ4n) is 2.27. The molecule has 0 saturated heterocycles. The van der Waals surface area contributed by atoms with E-state index in [1.54, 1.807) is 7.05 Å². The Balaban J connectivity index is 1.74. The van der Waals surface area contributed by atoms with Gasteiger partial charge in [-0.2, -0.15) is 4.98 Å². The number of aromatic amines is 1. The number of aryl methyl sites for hydroxylation is 1. The molecule has 0 atom stereocenters. The summed E-state index contributed by atoms with van der Waals surface area (Å²) < 4.78 is 6.00. The van der Waals surface area contributed by atoms with Gasteiger partial charge in [0.25, 0.3) is 11.5 Å². The summed E-state index contributed by atoms with van der Waals surface area (Å²) in [7, 11) is 1.66. The van der Waals surface area contributed by atoms with Crippen molar-refractivity contribution in [1.82, 2.24) is 24.8 Å². The lowest BCUT2D eigenvalue weighted by Crippen LogP contribution is -2.29. The van der Waals surface area contributed by atoms with E-state index in [1.165, 1.54) is 22.0 Å². The van der Waals surface area contributed by atoms with Gasteiger partial charge in [-0.3, -0.25) is 14.7 Å². The molecular formula is C16H17N5O3. The molecule has 8 nitrogen and oxygen atoms in total. The van der Waals surface area contributed by atoms with Gasteiger partial charge < -0.3 is 9.42 Å². The van der Waals surface area contributed by atoms with Crippen molar-refractivity contribution < 1.29 is 9.32 Å². The van der Waals surface area contributed by atoms with E-state index in [0.717, 1.165) is 5.56 Å². The molecule has 0 bridgehead atoms. The van der Waals surface area contributed by atoms with E-state index in [2.05, 4.69) is 19.8 Å². The van der Waals surface area contributed by atoms with E-state index < -0.39 is 0 Å². The van der Waals surface area contributed by atoms with Crippen LogP contribution in [-0.4, -0.2) is 44.3 Å². The Morgan fingerprint density at radius 2 is 2.08 bits per heavy atom. The highest BCUT2D eigenvalue weighted by atomic mass is 16.5. The van der Waals surface area contributed by atoms with E-state index in [-0.39, 0.29) is 17.2 Å². The Hall–Kier alpha value is -3.16. The number of hydrogen-bond acceptors (Lipinski definition) is 5. The lowest BCUT2D eigenvalue weighted by Gasteiger charge is -2.14. The average Bonchev–Trinajstić information content (AvgIpc) is 3.22. The molecule has 3 aromatic rings. The highest BCUT2D eigenvalue weighted by Gasteiger charge is 2.16. The summed E-state index contributed by atoms with van der Waals surface area (Å²) in [5.41, 5.74) is 1.72. The molecule has 1 N–H and O–H groups in total. The van der Waals surface area contributed by atoms with Gasteiger partial charge >= 0.3 is 0 Å². The van der Waals surface area contributed by atoms with Crippen LogP contribution in [0.25, 0.3) is 5.69 Å². The Bertz CT molecular complexity index is 877. The molecule has 124 valence electrons. The minimum atomic E-state index is -0.284. The summed E-state index contributed by atoms with van der Waals surface area (Å²) in [6.45, 7) is 2.38. The Kier molecular flexibility index (Phi) is 4.28. The fraction of sp³-hybridized carbons (Fsp3) is 0.250. The number of carbonyl (C=O) groups is 1. The molecule has 0 fully saturated rings. The van der Waals surface area contributed by atoms with Crippen molar-refractivity contribution >= 4 is 5.91 Å². The van der Waals surface area contributed by atoms with Crippen LogP contribution >= 0.6 is 0 Å². The van der Waals surface area contributed by atoms with E-state index in [0.29, 0.717) is 24.5 Å². The summed E-state index contributed by atoms with van der Waals surface area (Å²) >= 11 is 0. The summed E-state index contributed by atoms with van der Waals surface area (Å²) in [6, 6.07) is 8.75. The van der Waals surface area contributed by atoms with Crippen LogP contribution in [-0.2, 0) is 6.42 Å². The number of likely N-dealkylation sites (N-methyl/N-ethyl adjacent to an activating group) is 1. The normalized spacial score (nSPS) is 10.8. The SMILES string of the molecule is Cc1ccc(-n2[nH]c(C(=O)N(C)CCc3ncon3)cc2=O)cc1. The lowest BCUT2D eigenvalue weighted by molar-refractivity contribution is 0.0789. The van der Waals surface area contributed by atoms with E-state index in [9.17, 15) is 9.59 Å². The number of amides is 1. The van der Waals surface area contributed by atoms with Gasteiger partial charge in [-0.05, 0) is 19.1 Å². The van der Waals surface area contributed by atoms with Crippen molar-refractivity contribution in [2.24, 2.45) is 0 Å². The second-order valence-electron chi connectivity index (χ2n) is 5.50. The first-order chi connectivity index (χ1) is 11.5. The summed E-state index contributed by atoms with van der Waals surface area (Å²) in [6.07, 6.45) is 1.72. The van der Waals surface area contributed by atoms with Gasteiger partial charge in [0.05, 0.1) is 5.69 Å². The third-order valence-electron chi connectivity index (χ3n) is 3.67. The molecule has 2 heterocycles. The molecule has 0 unspecified atom stereocenters. The van der Waals surface area contributed by atoms with Gasteiger partial charge in [-0.25, -0.2) is 4.68 Å². The van der Waals surface area contributed by atoms with Crippen molar-refractivity contribution in [3.8, 4) is 5.69 Å². The third kappa shape index (κ3) is 3.27.